The van der Waals surface area contributed by atoms with Gasteiger partial charge in [0.1, 0.15) is 0 Å². The predicted octanol–water partition coefficient (Wildman–Crippen LogP) is 1.53. The molecule has 0 aliphatic rings. The molecule has 1 nitrogen and oxygen atoms in total. The SMILES string of the molecule is CC(F)C(N)(F)C(F)(F)F. The molecule has 0 aliphatic carbocycles. The summed E-state index contributed by atoms with van der Waals surface area (Å²) in [5.74, 6) is -4.23. The zero-order chi connectivity index (χ0) is 8.58. The Bertz CT molecular complexity index is 115. The van der Waals surface area contributed by atoms with E-state index in [1.807, 2.05) is 0 Å². The highest BCUT2D eigenvalue weighted by Crippen LogP contribution is 2.33. The Labute approximate surface area is 54.0 Å². The van der Waals surface area contributed by atoms with Gasteiger partial charge in [-0.05, 0) is 6.92 Å². The highest BCUT2D eigenvalue weighted by molar-refractivity contribution is 4.85. The minimum Gasteiger partial charge on any atom is -0.289 e. The molecule has 62 valence electrons. The van der Waals surface area contributed by atoms with Gasteiger partial charge in [-0.2, -0.15) is 13.2 Å². The van der Waals surface area contributed by atoms with E-state index in [0.29, 0.717) is 6.92 Å². The van der Waals surface area contributed by atoms with Crippen LogP contribution in [0.5, 0.6) is 0 Å². The van der Waals surface area contributed by atoms with E-state index in [9.17, 15) is 22.0 Å². The molecule has 0 saturated heterocycles. The maximum Gasteiger partial charge on any atom is 0.439 e. The Morgan fingerprint density at radius 2 is 1.50 bits per heavy atom. The molecule has 10 heavy (non-hydrogen) atoms. The second kappa shape index (κ2) is 2.34. The summed E-state index contributed by atoms with van der Waals surface area (Å²) in [6.07, 6.45) is -8.10. The molecule has 0 fully saturated rings. The smallest absolute Gasteiger partial charge is 0.289 e. The van der Waals surface area contributed by atoms with E-state index in [2.05, 4.69) is 5.73 Å². The van der Waals surface area contributed by atoms with E-state index in [1.54, 1.807) is 0 Å². The maximum atomic E-state index is 12.0. The molecule has 2 unspecified atom stereocenters. The summed E-state index contributed by atoms with van der Waals surface area (Å²) in [5.41, 5.74) is 3.97. The zero-order valence-electron chi connectivity index (χ0n) is 5.04. The fraction of sp³-hybridized carbons (Fsp3) is 1.00. The monoisotopic (exact) mass is 163 g/mol. The van der Waals surface area contributed by atoms with Crippen molar-refractivity contribution in [3.05, 3.63) is 0 Å². The van der Waals surface area contributed by atoms with Crippen LogP contribution in [0.2, 0.25) is 0 Å². The van der Waals surface area contributed by atoms with Crippen LogP contribution in [0.15, 0.2) is 0 Å². The van der Waals surface area contributed by atoms with Crippen molar-refractivity contribution in [2.75, 3.05) is 0 Å². The largest absolute Gasteiger partial charge is 0.439 e. The highest BCUT2D eigenvalue weighted by atomic mass is 19.4. The maximum absolute atomic E-state index is 12.0. The first kappa shape index (κ1) is 9.61. The fourth-order valence-corrected chi connectivity index (χ4v) is 0.226. The lowest BCUT2D eigenvalue weighted by Crippen LogP contribution is -2.55. The average Bonchev–Trinajstić information content (AvgIpc) is 1.62. The molecule has 0 aliphatic heterocycles. The minimum atomic E-state index is -5.35. The molecule has 0 aromatic rings. The summed E-state index contributed by atoms with van der Waals surface area (Å²) in [4.78, 5) is 0. The Kier molecular flexibility index (Phi) is 2.24. The number of rotatable bonds is 1. The molecule has 0 amide bonds. The normalized spacial score (nSPS) is 21.9. The van der Waals surface area contributed by atoms with E-state index < -0.39 is 18.1 Å². The van der Waals surface area contributed by atoms with E-state index in [4.69, 9.17) is 0 Å². The quantitative estimate of drug-likeness (QED) is 0.460. The lowest BCUT2D eigenvalue weighted by Gasteiger charge is -2.23. The van der Waals surface area contributed by atoms with Gasteiger partial charge >= 0.3 is 6.18 Å². The van der Waals surface area contributed by atoms with Crippen molar-refractivity contribution < 1.29 is 22.0 Å². The molecular weight excluding hydrogens is 157 g/mol. The standard InChI is InChI=1S/C4H6F5N/c1-2(5)3(6,10)4(7,8)9/h2H,10H2,1H3. The van der Waals surface area contributed by atoms with Crippen LogP contribution < -0.4 is 5.73 Å². The van der Waals surface area contributed by atoms with Crippen molar-refractivity contribution in [2.24, 2.45) is 5.73 Å². The van der Waals surface area contributed by atoms with Crippen LogP contribution in [0.1, 0.15) is 6.92 Å². The summed E-state index contributed by atoms with van der Waals surface area (Å²) < 4.78 is 57.8. The molecule has 2 atom stereocenters. The Morgan fingerprint density at radius 1 is 1.20 bits per heavy atom. The third-order valence-corrected chi connectivity index (χ3v) is 1.01. The summed E-state index contributed by atoms with van der Waals surface area (Å²) in [6, 6.07) is 0. The van der Waals surface area contributed by atoms with Crippen LogP contribution in [-0.4, -0.2) is 18.1 Å². The van der Waals surface area contributed by atoms with Crippen LogP contribution in [0.25, 0.3) is 0 Å². The van der Waals surface area contributed by atoms with E-state index in [0.717, 1.165) is 0 Å². The third-order valence-electron chi connectivity index (χ3n) is 1.01. The van der Waals surface area contributed by atoms with Crippen LogP contribution in [0, 0.1) is 0 Å². The molecule has 0 bridgehead atoms. The van der Waals surface area contributed by atoms with Crippen molar-refractivity contribution in [1.29, 1.82) is 0 Å². The second-order valence-electron chi connectivity index (χ2n) is 1.88. The topological polar surface area (TPSA) is 26.0 Å². The van der Waals surface area contributed by atoms with E-state index in [1.165, 1.54) is 0 Å². The van der Waals surface area contributed by atoms with Gasteiger partial charge in [0, 0.05) is 0 Å². The summed E-state index contributed by atoms with van der Waals surface area (Å²) in [7, 11) is 0. The number of alkyl halides is 5. The fourth-order valence-electron chi connectivity index (χ4n) is 0.226. The molecule has 0 saturated carbocycles. The van der Waals surface area contributed by atoms with Gasteiger partial charge in [0.05, 0.1) is 0 Å². The van der Waals surface area contributed by atoms with Crippen molar-refractivity contribution in [2.45, 2.75) is 25.1 Å². The average molecular weight is 163 g/mol. The molecule has 0 aromatic heterocycles. The molecule has 2 N–H and O–H groups in total. The number of halogens is 5. The van der Waals surface area contributed by atoms with E-state index in [-0.39, 0.29) is 0 Å². The van der Waals surface area contributed by atoms with Gasteiger partial charge in [0.2, 0.25) is 0 Å². The first-order chi connectivity index (χ1) is 4.19. The van der Waals surface area contributed by atoms with Gasteiger partial charge in [-0.1, -0.05) is 0 Å². The minimum absolute atomic E-state index is 0.410. The Morgan fingerprint density at radius 3 is 1.50 bits per heavy atom. The van der Waals surface area contributed by atoms with Crippen molar-refractivity contribution in [3.8, 4) is 0 Å². The lowest BCUT2D eigenvalue weighted by atomic mass is 10.2. The van der Waals surface area contributed by atoms with Crippen LogP contribution in [0.4, 0.5) is 22.0 Å². The molecule has 0 aromatic carbocycles. The third kappa shape index (κ3) is 1.56. The molecular formula is C4H6F5N. The Hall–Kier alpha value is -0.390. The summed E-state index contributed by atoms with van der Waals surface area (Å²) in [5, 5.41) is 0. The molecule has 0 rings (SSSR count). The van der Waals surface area contributed by atoms with Crippen LogP contribution >= 0.6 is 0 Å². The van der Waals surface area contributed by atoms with Crippen molar-refractivity contribution >= 4 is 0 Å². The zero-order valence-corrected chi connectivity index (χ0v) is 5.04. The Balaban J connectivity index is 4.40. The van der Waals surface area contributed by atoms with Gasteiger partial charge in [-0.15, -0.1) is 0 Å². The number of nitrogens with two attached hydrogens (primary N) is 1. The lowest BCUT2D eigenvalue weighted by molar-refractivity contribution is -0.246. The van der Waals surface area contributed by atoms with Gasteiger partial charge in [0.25, 0.3) is 5.79 Å². The van der Waals surface area contributed by atoms with Gasteiger partial charge in [-0.25, -0.2) is 8.78 Å². The predicted molar refractivity (Wildman–Crippen MR) is 24.7 cm³/mol. The van der Waals surface area contributed by atoms with Gasteiger partial charge in [0.15, 0.2) is 6.17 Å². The number of hydrogen-bond acceptors (Lipinski definition) is 1. The number of hydrogen-bond donors (Lipinski definition) is 1. The van der Waals surface area contributed by atoms with Gasteiger partial charge < -0.3 is 0 Å². The van der Waals surface area contributed by atoms with Crippen LogP contribution in [-0.2, 0) is 0 Å². The summed E-state index contributed by atoms with van der Waals surface area (Å²) in [6.45, 7) is 0.410. The first-order valence-corrected chi connectivity index (χ1v) is 2.38. The van der Waals surface area contributed by atoms with Crippen molar-refractivity contribution in [3.63, 3.8) is 0 Å². The van der Waals surface area contributed by atoms with Crippen molar-refractivity contribution in [1.82, 2.24) is 0 Å². The van der Waals surface area contributed by atoms with Crippen LogP contribution in [0.3, 0.4) is 0 Å². The second-order valence-corrected chi connectivity index (χ2v) is 1.88. The van der Waals surface area contributed by atoms with Gasteiger partial charge in [-0.3, -0.25) is 5.73 Å². The summed E-state index contributed by atoms with van der Waals surface area (Å²) >= 11 is 0. The molecule has 0 radical (unpaired) electrons. The molecule has 0 heterocycles. The molecule has 6 heteroatoms. The van der Waals surface area contributed by atoms with E-state index >= 15 is 0 Å². The highest BCUT2D eigenvalue weighted by Gasteiger charge is 2.57. The molecule has 0 spiro atoms. The first-order valence-electron chi connectivity index (χ1n) is 2.38.